The first-order chi connectivity index (χ1) is 27.8. The van der Waals surface area contributed by atoms with Crippen molar-refractivity contribution in [2.24, 2.45) is 0 Å². The first kappa shape index (κ1) is 33.4. The second kappa shape index (κ2) is 14.6. The Morgan fingerprint density at radius 3 is 1.09 bits per heavy atom. The average Bonchev–Trinajstić information content (AvgIpc) is 3.28. The molecule has 0 unspecified atom stereocenters. The van der Waals surface area contributed by atoms with Crippen molar-refractivity contribution in [3.8, 4) is 22.3 Å². The van der Waals surface area contributed by atoms with E-state index in [0.29, 0.717) is 0 Å². The molecule has 0 aliphatic heterocycles. The van der Waals surface area contributed by atoms with Crippen LogP contribution in [0.15, 0.2) is 206 Å². The molecule has 1 aliphatic rings. The molecule has 10 rings (SSSR count). The predicted octanol–water partition coefficient (Wildman–Crippen LogP) is 13.6. The monoisotopic (exact) mass is 716 g/mol. The molecule has 56 heavy (non-hydrogen) atoms. The third-order valence-corrected chi connectivity index (χ3v) is 11.0. The summed E-state index contributed by atoms with van der Waals surface area (Å²) in [6.07, 6.45) is 6.99. The summed E-state index contributed by atoms with van der Waals surface area (Å²) in [5.74, 6) is 0. The average molecular weight is 717 g/mol. The number of hydrogen-bond donors (Lipinski definition) is 0. The minimum atomic E-state index is 1.04. The van der Waals surface area contributed by atoms with Crippen LogP contribution in [0.3, 0.4) is 0 Å². The van der Waals surface area contributed by atoms with Gasteiger partial charge >= 0.3 is 0 Å². The Morgan fingerprint density at radius 1 is 0.268 bits per heavy atom. The van der Waals surface area contributed by atoms with Gasteiger partial charge in [-0.25, -0.2) is 0 Å². The zero-order chi connectivity index (χ0) is 37.3. The molecular formula is C54H40N2. The number of nitrogens with zero attached hydrogens (tertiary/aromatic N) is 2. The van der Waals surface area contributed by atoms with Crippen molar-refractivity contribution in [2.45, 2.75) is 12.8 Å². The summed E-state index contributed by atoms with van der Waals surface area (Å²) in [5.41, 5.74) is 11.8. The van der Waals surface area contributed by atoms with Crippen molar-refractivity contribution in [1.82, 2.24) is 0 Å². The van der Waals surface area contributed by atoms with Crippen LogP contribution in [0.2, 0.25) is 0 Å². The maximum absolute atomic E-state index is 2.46. The summed E-state index contributed by atoms with van der Waals surface area (Å²) in [4.78, 5) is 4.64. The Bertz CT molecular complexity index is 2840. The lowest BCUT2D eigenvalue weighted by Gasteiger charge is -2.25. The van der Waals surface area contributed by atoms with Gasteiger partial charge in [-0.15, -0.1) is 0 Å². The number of hydrogen-bond acceptors (Lipinski definition) is 2. The zero-order valence-corrected chi connectivity index (χ0v) is 31.1. The van der Waals surface area contributed by atoms with E-state index in [1.165, 1.54) is 54.2 Å². The van der Waals surface area contributed by atoms with E-state index in [1.807, 2.05) is 0 Å². The van der Waals surface area contributed by atoms with Gasteiger partial charge in [-0.1, -0.05) is 133 Å². The molecule has 266 valence electrons. The molecule has 0 spiro atoms. The van der Waals surface area contributed by atoms with Crippen LogP contribution in [0.5, 0.6) is 0 Å². The van der Waals surface area contributed by atoms with Gasteiger partial charge < -0.3 is 9.80 Å². The van der Waals surface area contributed by atoms with Gasteiger partial charge in [0, 0.05) is 34.1 Å². The minimum absolute atomic E-state index is 1.04. The van der Waals surface area contributed by atoms with E-state index in [4.69, 9.17) is 0 Å². The van der Waals surface area contributed by atoms with Crippen molar-refractivity contribution in [3.63, 3.8) is 0 Å². The second-order valence-electron chi connectivity index (χ2n) is 14.4. The van der Waals surface area contributed by atoms with Gasteiger partial charge in [-0.05, 0) is 152 Å². The van der Waals surface area contributed by atoms with Crippen molar-refractivity contribution in [3.05, 3.63) is 217 Å². The number of anilines is 6. The van der Waals surface area contributed by atoms with Gasteiger partial charge in [0.2, 0.25) is 0 Å². The Kier molecular flexibility index (Phi) is 8.70. The smallest absolute Gasteiger partial charge is 0.0462 e. The van der Waals surface area contributed by atoms with E-state index in [1.54, 1.807) is 0 Å². The van der Waals surface area contributed by atoms with Crippen LogP contribution >= 0.6 is 0 Å². The molecule has 0 radical (unpaired) electrons. The van der Waals surface area contributed by atoms with Crippen LogP contribution in [0, 0.1) is 0 Å². The number of fused-ring (bicyclic) bond motifs is 5. The maximum Gasteiger partial charge on any atom is 0.0462 e. The Balaban J connectivity index is 1.09. The van der Waals surface area contributed by atoms with E-state index in [2.05, 4.69) is 228 Å². The third-order valence-electron chi connectivity index (χ3n) is 11.0. The first-order valence-electron chi connectivity index (χ1n) is 19.5. The van der Waals surface area contributed by atoms with Crippen LogP contribution in [0.4, 0.5) is 34.1 Å². The molecular weight excluding hydrogens is 677 g/mol. The third kappa shape index (κ3) is 6.12. The molecule has 0 atom stereocenters. The standard InChI is InChI=1S/C54H40N2/c1-5-17-41(18-6-1)55(42-19-7-2-8-20-42)45-33-29-39(30-34-45)51-37-53-50-28-16-14-26-48(50)52(38-54(53)49-27-15-13-25-47(49)51)40-31-35-46(36-32-40)56(43-21-9-3-10-22-43)44-23-11-4-12-24-44/h1-13,15,17-38H,14,16H2. The molecule has 0 saturated heterocycles. The van der Waals surface area contributed by atoms with Crippen LogP contribution in [0.1, 0.15) is 12.8 Å². The molecule has 0 heterocycles. The summed E-state index contributed by atoms with van der Waals surface area (Å²) in [6, 6.07) is 74.4. The van der Waals surface area contributed by atoms with E-state index in [-0.39, 0.29) is 0 Å². The van der Waals surface area contributed by atoms with Crippen molar-refractivity contribution >= 4 is 67.8 Å². The molecule has 9 aromatic rings. The van der Waals surface area contributed by atoms with E-state index in [0.717, 1.165) is 47.0 Å². The van der Waals surface area contributed by atoms with Crippen LogP contribution in [0.25, 0.3) is 56.0 Å². The molecule has 0 saturated carbocycles. The normalized spacial score (nSPS) is 12.1. The highest BCUT2D eigenvalue weighted by Crippen LogP contribution is 2.40. The van der Waals surface area contributed by atoms with Gasteiger partial charge in [-0.3, -0.25) is 0 Å². The van der Waals surface area contributed by atoms with E-state index in [9.17, 15) is 0 Å². The fourth-order valence-electron chi connectivity index (χ4n) is 8.44. The van der Waals surface area contributed by atoms with Crippen LogP contribution in [-0.4, -0.2) is 0 Å². The van der Waals surface area contributed by atoms with Gasteiger partial charge in [0.25, 0.3) is 0 Å². The quantitative estimate of drug-likeness (QED) is 0.144. The molecule has 0 bridgehead atoms. The van der Waals surface area contributed by atoms with Crippen molar-refractivity contribution in [2.75, 3.05) is 9.80 Å². The van der Waals surface area contributed by atoms with Gasteiger partial charge in [-0.2, -0.15) is 0 Å². The van der Waals surface area contributed by atoms with Gasteiger partial charge in [0.05, 0.1) is 0 Å². The Morgan fingerprint density at radius 2 is 0.625 bits per heavy atom. The van der Waals surface area contributed by atoms with Crippen LogP contribution in [-0.2, 0) is 0 Å². The fourth-order valence-corrected chi connectivity index (χ4v) is 8.44. The second-order valence-corrected chi connectivity index (χ2v) is 14.4. The number of rotatable bonds is 8. The van der Waals surface area contributed by atoms with Crippen LogP contribution < -0.4 is 20.2 Å². The van der Waals surface area contributed by atoms with Crippen molar-refractivity contribution in [1.29, 1.82) is 0 Å². The van der Waals surface area contributed by atoms with E-state index >= 15 is 0 Å². The topological polar surface area (TPSA) is 6.48 Å². The fraction of sp³-hybridized carbons (Fsp3) is 0.0370. The summed E-state index contributed by atoms with van der Waals surface area (Å²) >= 11 is 0. The summed E-state index contributed by atoms with van der Waals surface area (Å²) in [5, 5.41) is 7.81. The zero-order valence-electron chi connectivity index (χ0n) is 31.1. The van der Waals surface area contributed by atoms with Gasteiger partial charge in [0.1, 0.15) is 0 Å². The lowest BCUT2D eigenvalue weighted by molar-refractivity contribution is 1.12. The molecule has 0 aromatic heterocycles. The molecule has 2 heteroatoms. The SMILES string of the molecule is C1=c2c(-c3ccc(N(c4ccccc4)c4ccccc4)cc3)cc3c(cc(-c4ccc(N(c5ccccc5)c5ccccc5)cc4)c4ccccc43)c2=CCC1. The highest BCUT2D eigenvalue weighted by Gasteiger charge is 2.17. The summed E-state index contributed by atoms with van der Waals surface area (Å²) in [6.45, 7) is 0. The van der Waals surface area contributed by atoms with Gasteiger partial charge in [0.15, 0.2) is 0 Å². The molecule has 1 aliphatic carbocycles. The molecule has 0 N–H and O–H groups in total. The minimum Gasteiger partial charge on any atom is -0.311 e. The highest BCUT2D eigenvalue weighted by atomic mass is 15.1. The molecule has 2 nitrogen and oxygen atoms in total. The Hall–Kier alpha value is -7.16. The Labute approximate surface area is 328 Å². The predicted molar refractivity (Wildman–Crippen MR) is 239 cm³/mol. The number of benzene rings is 9. The lowest BCUT2D eigenvalue weighted by atomic mass is 9.88. The summed E-state index contributed by atoms with van der Waals surface area (Å²) < 4.78 is 0. The lowest BCUT2D eigenvalue weighted by Crippen LogP contribution is -2.29. The number of para-hydroxylation sites is 4. The maximum atomic E-state index is 2.46. The molecule has 9 aromatic carbocycles. The summed E-state index contributed by atoms with van der Waals surface area (Å²) in [7, 11) is 0. The molecule has 0 amide bonds. The largest absolute Gasteiger partial charge is 0.311 e. The highest BCUT2D eigenvalue weighted by molar-refractivity contribution is 6.15. The molecule has 0 fully saturated rings. The van der Waals surface area contributed by atoms with E-state index < -0.39 is 0 Å². The van der Waals surface area contributed by atoms with Crippen molar-refractivity contribution < 1.29 is 0 Å². The first-order valence-corrected chi connectivity index (χ1v) is 19.5.